The van der Waals surface area contributed by atoms with E-state index in [2.05, 4.69) is 21.3 Å². The van der Waals surface area contributed by atoms with Gasteiger partial charge < -0.3 is 40.1 Å². The first-order valence-corrected chi connectivity index (χ1v) is 16.0. The Kier molecular flexibility index (Phi) is 12.4. The van der Waals surface area contributed by atoms with Crippen LogP contribution in [0.25, 0.3) is 10.9 Å². The van der Waals surface area contributed by atoms with E-state index in [9.17, 15) is 28.8 Å². The molecular formula is C29H40N6O9S. The summed E-state index contributed by atoms with van der Waals surface area (Å²) in [6.45, 7) is 2.73. The number of thioether (sulfide) groups is 1. The summed E-state index contributed by atoms with van der Waals surface area (Å²) in [5.41, 5.74) is -0.302. The molecule has 2 aliphatic rings. The van der Waals surface area contributed by atoms with E-state index in [1.807, 2.05) is 18.8 Å². The summed E-state index contributed by atoms with van der Waals surface area (Å²) in [5.74, 6) is -0.828. The number of anilines is 1. The van der Waals surface area contributed by atoms with Gasteiger partial charge in [-0.05, 0) is 31.0 Å². The number of rotatable bonds is 17. The highest BCUT2D eigenvalue weighted by atomic mass is 32.2. The lowest BCUT2D eigenvalue weighted by Crippen LogP contribution is -2.37. The molecule has 5 amide bonds. The van der Waals surface area contributed by atoms with Gasteiger partial charge in [-0.2, -0.15) is 11.8 Å². The standard InChI is InChI=1S/C29H40N6O9S/c1-18(36)32-19-7-8-21-20(15-19)27(39)44-29(41)35(21)16-25(38)31-10-12-43-14-13-42-11-9-30-24(37)6-4-3-5-23-26-22(17-45-23)34(2)28(40)33-26/h7-8,15,22-23,26H,3-6,9-14,16-17H2,1-2H3,(H,30,37)(H,31,38)(H,32,36)(H,33,40). The van der Waals surface area contributed by atoms with Crippen LogP contribution in [0.5, 0.6) is 0 Å². The summed E-state index contributed by atoms with van der Waals surface area (Å²) < 4.78 is 16.7. The maximum atomic E-state index is 12.4. The first-order valence-electron chi connectivity index (χ1n) is 14.9. The van der Waals surface area contributed by atoms with Crippen molar-refractivity contribution in [2.75, 3.05) is 57.6 Å². The predicted molar refractivity (Wildman–Crippen MR) is 167 cm³/mol. The highest BCUT2D eigenvalue weighted by Gasteiger charge is 2.46. The SMILES string of the molecule is CC(=O)Nc1ccc2c(c1)c(=O)oc(=O)n2CC(=O)NCCOCCOCCNC(=O)CCCCC1SCC2C1NC(=O)N2C. The van der Waals surface area contributed by atoms with Crippen molar-refractivity contribution in [3.05, 3.63) is 39.2 Å². The van der Waals surface area contributed by atoms with E-state index in [0.29, 0.717) is 43.7 Å². The van der Waals surface area contributed by atoms with E-state index in [1.54, 1.807) is 4.90 Å². The number of hydrogen-bond acceptors (Lipinski definition) is 10. The van der Waals surface area contributed by atoms with Crippen LogP contribution in [-0.4, -0.2) is 103 Å². The molecule has 2 aromatic rings. The maximum absolute atomic E-state index is 12.4. The molecule has 0 spiro atoms. The summed E-state index contributed by atoms with van der Waals surface area (Å²) in [7, 11) is 1.84. The third-order valence-electron chi connectivity index (χ3n) is 7.59. The smallest absolute Gasteiger partial charge is 0.377 e. The molecule has 0 aliphatic carbocycles. The number of benzene rings is 1. The van der Waals surface area contributed by atoms with Crippen molar-refractivity contribution < 1.29 is 33.1 Å². The average Bonchev–Trinajstić information content (AvgIpc) is 3.52. The van der Waals surface area contributed by atoms with Crippen LogP contribution in [0, 0.1) is 0 Å². The fourth-order valence-corrected chi connectivity index (χ4v) is 6.96. The Hall–Kier alpha value is -3.89. The number of urea groups is 1. The molecule has 15 nitrogen and oxygen atoms in total. The van der Waals surface area contributed by atoms with Gasteiger partial charge >= 0.3 is 17.4 Å². The topological polar surface area (TPSA) is 190 Å². The van der Waals surface area contributed by atoms with Crippen LogP contribution in [-0.2, 0) is 30.4 Å². The van der Waals surface area contributed by atoms with Crippen LogP contribution in [0.4, 0.5) is 10.5 Å². The third-order valence-corrected chi connectivity index (χ3v) is 9.08. The van der Waals surface area contributed by atoms with Gasteiger partial charge in [-0.3, -0.25) is 19.0 Å². The molecule has 3 heterocycles. The number of hydrogen-bond donors (Lipinski definition) is 4. The number of fused-ring (bicyclic) bond motifs is 2. The molecule has 3 atom stereocenters. The molecule has 3 unspecified atom stereocenters. The van der Waals surface area contributed by atoms with Crippen molar-refractivity contribution in [1.29, 1.82) is 0 Å². The number of nitrogens with one attached hydrogen (secondary N) is 4. The van der Waals surface area contributed by atoms with Crippen molar-refractivity contribution in [2.24, 2.45) is 0 Å². The Labute approximate surface area is 263 Å². The van der Waals surface area contributed by atoms with Gasteiger partial charge in [-0.1, -0.05) is 6.42 Å². The Morgan fingerprint density at radius 2 is 1.73 bits per heavy atom. The first kappa shape index (κ1) is 34.0. The van der Waals surface area contributed by atoms with E-state index in [0.717, 1.165) is 29.6 Å². The van der Waals surface area contributed by atoms with E-state index in [4.69, 9.17) is 13.9 Å². The molecule has 45 heavy (non-hydrogen) atoms. The number of unbranched alkanes of at least 4 members (excludes halogenated alkanes) is 1. The second kappa shape index (κ2) is 16.4. The van der Waals surface area contributed by atoms with Crippen molar-refractivity contribution in [2.45, 2.75) is 56.5 Å². The number of amides is 5. The number of carbonyl (C=O) groups is 4. The van der Waals surface area contributed by atoms with Crippen LogP contribution in [0.15, 0.2) is 32.2 Å². The van der Waals surface area contributed by atoms with Gasteiger partial charge in [-0.15, -0.1) is 0 Å². The molecular weight excluding hydrogens is 608 g/mol. The minimum absolute atomic E-state index is 0.00156. The van der Waals surface area contributed by atoms with Gasteiger partial charge in [-0.25, -0.2) is 14.4 Å². The summed E-state index contributed by atoms with van der Waals surface area (Å²) in [5, 5.41) is 11.6. The van der Waals surface area contributed by atoms with Crippen molar-refractivity contribution in [3.8, 4) is 0 Å². The highest BCUT2D eigenvalue weighted by Crippen LogP contribution is 2.36. The van der Waals surface area contributed by atoms with Gasteiger partial charge in [0.05, 0.1) is 49.4 Å². The minimum atomic E-state index is -0.967. The monoisotopic (exact) mass is 648 g/mol. The zero-order valence-corrected chi connectivity index (χ0v) is 26.2. The van der Waals surface area contributed by atoms with E-state index in [1.165, 1.54) is 25.1 Å². The van der Waals surface area contributed by atoms with Crippen molar-refractivity contribution >= 4 is 52.1 Å². The molecule has 4 N–H and O–H groups in total. The molecule has 4 rings (SSSR count). The normalized spacial score (nSPS) is 18.9. The van der Waals surface area contributed by atoms with Crippen molar-refractivity contribution in [3.63, 3.8) is 0 Å². The molecule has 0 radical (unpaired) electrons. The predicted octanol–water partition coefficient (Wildman–Crippen LogP) is 0.247. The minimum Gasteiger partial charge on any atom is -0.377 e. The second-order valence-electron chi connectivity index (χ2n) is 10.9. The lowest BCUT2D eigenvalue weighted by molar-refractivity contribution is -0.122. The molecule has 2 saturated heterocycles. The molecule has 16 heteroatoms. The summed E-state index contributed by atoms with van der Waals surface area (Å²) in [6.07, 6.45) is 3.16. The van der Waals surface area contributed by atoms with E-state index >= 15 is 0 Å². The molecule has 2 aliphatic heterocycles. The van der Waals surface area contributed by atoms with Crippen LogP contribution in [0.1, 0.15) is 32.6 Å². The van der Waals surface area contributed by atoms with Crippen molar-refractivity contribution in [1.82, 2.24) is 25.4 Å². The quantitative estimate of drug-likeness (QED) is 0.137. The Morgan fingerprint density at radius 1 is 1.02 bits per heavy atom. The molecule has 246 valence electrons. The summed E-state index contributed by atoms with van der Waals surface area (Å²) in [6, 6.07) is 4.83. The second-order valence-corrected chi connectivity index (χ2v) is 12.1. The Bertz CT molecular complexity index is 1490. The number of nitrogens with zero attached hydrogens (tertiary/aromatic N) is 2. The summed E-state index contributed by atoms with van der Waals surface area (Å²) >= 11 is 1.90. The van der Waals surface area contributed by atoms with Gasteiger partial charge in [0.25, 0.3) is 0 Å². The first-order chi connectivity index (χ1) is 21.6. The highest BCUT2D eigenvalue weighted by molar-refractivity contribution is 8.00. The van der Waals surface area contributed by atoms with Crippen LogP contribution >= 0.6 is 11.8 Å². The average molecular weight is 649 g/mol. The third kappa shape index (κ3) is 9.55. The van der Waals surface area contributed by atoms with Crippen LogP contribution in [0.2, 0.25) is 0 Å². The molecule has 0 bridgehead atoms. The fourth-order valence-electron chi connectivity index (χ4n) is 5.30. The lowest BCUT2D eigenvalue weighted by Gasteiger charge is -2.17. The van der Waals surface area contributed by atoms with Gasteiger partial charge in [0.1, 0.15) is 6.54 Å². The Morgan fingerprint density at radius 3 is 2.44 bits per heavy atom. The Balaban J connectivity index is 1.01. The van der Waals surface area contributed by atoms with Gasteiger partial charge in [0.15, 0.2) is 0 Å². The number of ether oxygens (including phenoxy) is 2. The zero-order chi connectivity index (χ0) is 32.3. The lowest BCUT2D eigenvalue weighted by atomic mass is 10.0. The largest absolute Gasteiger partial charge is 0.422 e. The molecule has 1 aromatic carbocycles. The number of aromatic nitrogens is 1. The molecule has 2 fully saturated rings. The van der Waals surface area contributed by atoms with Gasteiger partial charge in [0.2, 0.25) is 17.7 Å². The van der Waals surface area contributed by atoms with E-state index < -0.39 is 17.3 Å². The zero-order valence-electron chi connectivity index (χ0n) is 25.4. The number of carbonyl (C=O) groups excluding carboxylic acids is 4. The summed E-state index contributed by atoms with van der Waals surface area (Å²) in [4.78, 5) is 73.8. The van der Waals surface area contributed by atoms with E-state index in [-0.39, 0.29) is 60.5 Å². The molecule has 0 saturated carbocycles. The number of likely N-dealkylation sites (N-methyl/N-ethyl adjacent to an activating group) is 1. The fraction of sp³-hybridized carbons (Fsp3) is 0.586. The molecule has 1 aromatic heterocycles. The van der Waals surface area contributed by atoms with Crippen LogP contribution in [0.3, 0.4) is 0 Å². The maximum Gasteiger partial charge on any atom is 0.422 e. The van der Waals surface area contributed by atoms with Crippen LogP contribution < -0.4 is 32.6 Å². The van der Waals surface area contributed by atoms with Gasteiger partial charge in [0, 0.05) is 50.2 Å².